The lowest BCUT2D eigenvalue weighted by Gasteiger charge is -2.12. The van der Waals surface area contributed by atoms with E-state index in [0.29, 0.717) is 6.54 Å². The monoisotopic (exact) mass is 377 g/mol. The number of methoxy groups -OCH3 is 1. The minimum Gasteiger partial charge on any atom is -0.496 e. The van der Waals surface area contributed by atoms with E-state index in [2.05, 4.69) is 10.0 Å². The highest BCUT2D eigenvalue weighted by Crippen LogP contribution is 2.24. The van der Waals surface area contributed by atoms with Crippen molar-refractivity contribution >= 4 is 27.5 Å². The number of nitrogens with two attached hydrogens (primary N) is 1. The molecule has 9 heteroatoms. The first-order chi connectivity index (χ1) is 12.3. The maximum atomic E-state index is 12.6. The summed E-state index contributed by atoms with van der Waals surface area (Å²) in [5.74, 6) is -0.783. The third-order valence-electron chi connectivity index (χ3n) is 3.48. The van der Waals surface area contributed by atoms with Crippen molar-refractivity contribution in [1.29, 1.82) is 0 Å². The van der Waals surface area contributed by atoms with Crippen LogP contribution in [0.5, 0.6) is 5.75 Å². The molecule has 0 fully saturated rings. The van der Waals surface area contributed by atoms with E-state index in [1.807, 2.05) is 0 Å². The Morgan fingerprint density at radius 3 is 2.31 bits per heavy atom. The van der Waals surface area contributed by atoms with Gasteiger partial charge >= 0.3 is 0 Å². The Bertz CT molecular complexity index is 924. The molecular formula is C17H19N3O5S. The number of hydrogen-bond acceptors (Lipinski definition) is 5. The van der Waals surface area contributed by atoms with Crippen molar-refractivity contribution in [1.82, 2.24) is 5.32 Å². The van der Waals surface area contributed by atoms with Crippen LogP contribution in [0.1, 0.15) is 27.6 Å². The summed E-state index contributed by atoms with van der Waals surface area (Å²) >= 11 is 0. The quantitative estimate of drug-likeness (QED) is 0.671. The van der Waals surface area contributed by atoms with E-state index < -0.39 is 21.8 Å². The predicted molar refractivity (Wildman–Crippen MR) is 96.8 cm³/mol. The smallest absolute Gasteiger partial charge is 0.261 e. The van der Waals surface area contributed by atoms with E-state index in [-0.39, 0.29) is 27.5 Å². The normalized spacial score (nSPS) is 10.8. The van der Waals surface area contributed by atoms with Crippen molar-refractivity contribution < 1.29 is 22.7 Å². The molecule has 0 aliphatic heterocycles. The zero-order valence-corrected chi connectivity index (χ0v) is 15.1. The molecule has 0 aliphatic rings. The molecule has 0 unspecified atom stereocenters. The zero-order chi connectivity index (χ0) is 19.3. The molecule has 0 atom stereocenters. The van der Waals surface area contributed by atoms with Crippen LogP contribution in [-0.4, -0.2) is 33.9 Å². The van der Waals surface area contributed by atoms with Crippen molar-refractivity contribution in [2.75, 3.05) is 18.4 Å². The molecule has 2 rings (SSSR count). The van der Waals surface area contributed by atoms with Gasteiger partial charge in [-0.25, -0.2) is 8.42 Å². The lowest BCUT2D eigenvalue weighted by atomic mass is 10.2. The lowest BCUT2D eigenvalue weighted by Crippen LogP contribution is -2.24. The van der Waals surface area contributed by atoms with Gasteiger partial charge in [0.25, 0.3) is 15.9 Å². The Hall–Kier alpha value is -3.07. The summed E-state index contributed by atoms with van der Waals surface area (Å²) in [4.78, 5) is 23.1. The van der Waals surface area contributed by atoms with Gasteiger partial charge in [0, 0.05) is 17.8 Å². The zero-order valence-electron chi connectivity index (χ0n) is 14.3. The van der Waals surface area contributed by atoms with Crippen LogP contribution in [-0.2, 0) is 10.0 Å². The van der Waals surface area contributed by atoms with Gasteiger partial charge in [-0.05, 0) is 49.4 Å². The summed E-state index contributed by atoms with van der Waals surface area (Å²) in [6, 6.07) is 9.65. The number of carbonyl (C=O) groups is 2. The average Bonchev–Trinajstić information content (AvgIpc) is 2.61. The van der Waals surface area contributed by atoms with E-state index in [4.69, 9.17) is 10.5 Å². The number of sulfonamides is 1. The number of benzene rings is 2. The highest BCUT2D eigenvalue weighted by Gasteiger charge is 2.20. The van der Waals surface area contributed by atoms with Crippen molar-refractivity contribution in [2.24, 2.45) is 5.73 Å². The molecule has 4 N–H and O–H groups in total. The standard InChI is InChI=1S/C17H19N3O5S/c1-3-19-17(22)14-10-13(8-9-15(14)25-2)26(23,24)20-12-6-4-11(5-7-12)16(18)21/h4-10,20H,3H2,1-2H3,(H2,18,21)(H,19,22). The first kappa shape index (κ1) is 19.3. The second-order valence-electron chi connectivity index (χ2n) is 5.27. The van der Waals surface area contributed by atoms with Gasteiger partial charge in [0.05, 0.1) is 17.6 Å². The summed E-state index contributed by atoms with van der Waals surface area (Å²) in [5.41, 5.74) is 5.78. The molecule has 0 spiro atoms. The van der Waals surface area contributed by atoms with Gasteiger partial charge in [-0.2, -0.15) is 0 Å². The Labute approximate surface area is 151 Å². The maximum absolute atomic E-state index is 12.6. The number of nitrogens with one attached hydrogen (secondary N) is 2. The van der Waals surface area contributed by atoms with Crippen LogP contribution in [0, 0.1) is 0 Å². The van der Waals surface area contributed by atoms with Gasteiger partial charge in [0.2, 0.25) is 5.91 Å². The van der Waals surface area contributed by atoms with Gasteiger partial charge in [-0.15, -0.1) is 0 Å². The SMILES string of the molecule is CCNC(=O)c1cc(S(=O)(=O)Nc2ccc(C(N)=O)cc2)ccc1OC. The molecule has 0 aliphatic carbocycles. The largest absolute Gasteiger partial charge is 0.496 e. The second kappa shape index (κ2) is 7.87. The number of carbonyl (C=O) groups excluding carboxylic acids is 2. The summed E-state index contributed by atoms with van der Waals surface area (Å²) in [6.45, 7) is 2.14. The fourth-order valence-electron chi connectivity index (χ4n) is 2.20. The average molecular weight is 377 g/mol. The summed E-state index contributed by atoms with van der Waals surface area (Å²) in [6.07, 6.45) is 0. The molecule has 0 saturated carbocycles. The van der Waals surface area contributed by atoms with E-state index in [0.717, 1.165) is 0 Å². The van der Waals surface area contributed by atoms with Crippen LogP contribution in [0.3, 0.4) is 0 Å². The molecule has 0 aromatic heterocycles. The summed E-state index contributed by atoms with van der Waals surface area (Å²) in [7, 11) is -2.55. The van der Waals surface area contributed by atoms with E-state index in [1.165, 1.54) is 49.6 Å². The van der Waals surface area contributed by atoms with Crippen molar-refractivity contribution in [3.05, 3.63) is 53.6 Å². The van der Waals surface area contributed by atoms with Crippen LogP contribution in [0.2, 0.25) is 0 Å². The molecule has 26 heavy (non-hydrogen) atoms. The molecule has 0 bridgehead atoms. The molecule has 0 radical (unpaired) electrons. The topological polar surface area (TPSA) is 128 Å². The number of rotatable bonds is 7. The molecular weight excluding hydrogens is 358 g/mol. The van der Waals surface area contributed by atoms with Gasteiger partial charge in [-0.1, -0.05) is 0 Å². The van der Waals surface area contributed by atoms with E-state index in [1.54, 1.807) is 6.92 Å². The van der Waals surface area contributed by atoms with Gasteiger partial charge in [0.15, 0.2) is 0 Å². The van der Waals surface area contributed by atoms with Gasteiger partial charge in [0.1, 0.15) is 5.75 Å². The minimum atomic E-state index is -3.94. The molecule has 138 valence electrons. The number of hydrogen-bond donors (Lipinski definition) is 3. The summed E-state index contributed by atoms with van der Waals surface area (Å²) in [5, 5.41) is 2.60. The minimum absolute atomic E-state index is 0.0986. The van der Waals surface area contributed by atoms with Crippen LogP contribution in [0.25, 0.3) is 0 Å². The Morgan fingerprint density at radius 1 is 1.12 bits per heavy atom. The fraction of sp³-hybridized carbons (Fsp3) is 0.176. The van der Waals surface area contributed by atoms with Crippen molar-refractivity contribution in [2.45, 2.75) is 11.8 Å². The maximum Gasteiger partial charge on any atom is 0.261 e. The number of anilines is 1. The highest BCUT2D eigenvalue weighted by atomic mass is 32.2. The Balaban J connectivity index is 2.34. The number of ether oxygens (including phenoxy) is 1. The van der Waals surface area contributed by atoms with Crippen molar-refractivity contribution in [3.8, 4) is 5.75 Å². The molecule has 0 saturated heterocycles. The molecule has 0 heterocycles. The molecule has 2 aromatic rings. The molecule has 8 nitrogen and oxygen atoms in total. The fourth-order valence-corrected chi connectivity index (χ4v) is 3.29. The molecule has 2 aromatic carbocycles. The lowest BCUT2D eigenvalue weighted by molar-refractivity contribution is 0.0951. The number of primary amides is 1. The predicted octanol–water partition coefficient (Wildman–Crippen LogP) is 1.34. The van der Waals surface area contributed by atoms with Crippen LogP contribution < -0.4 is 20.5 Å². The van der Waals surface area contributed by atoms with Crippen LogP contribution >= 0.6 is 0 Å². The summed E-state index contributed by atoms with van der Waals surface area (Å²) < 4.78 is 32.7. The van der Waals surface area contributed by atoms with Crippen molar-refractivity contribution in [3.63, 3.8) is 0 Å². The first-order valence-corrected chi connectivity index (χ1v) is 9.15. The van der Waals surface area contributed by atoms with Crippen LogP contribution in [0.4, 0.5) is 5.69 Å². The van der Waals surface area contributed by atoms with Gasteiger partial charge < -0.3 is 15.8 Å². The number of amides is 2. The van der Waals surface area contributed by atoms with Crippen LogP contribution in [0.15, 0.2) is 47.4 Å². The molecule has 2 amide bonds. The van der Waals surface area contributed by atoms with E-state index in [9.17, 15) is 18.0 Å². The third kappa shape index (κ3) is 4.31. The van der Waals surface area contributed by atoms with E-state index >= 15 is 0 Å². The Kier molecular flexibility index (Phi) is 5.83. The highest BCUT2D eigenvalue weighted by molar-refractivity contribution is 7.92. The second-order valence-corrected chi connectivity index (χ2v) is 6.95. The van der Waals surface area contributed by atoms with Gasteiger partial charge in [-0.3, -0.25) is 14.3 Å². The Morgan fingerprint density at radius 2 is 1.77 bits per heavy atom. The first-order valence-electron chi connectivity index (χ1n) is 7.67. The third-order valence-corrected chi connectivity index (χ3v) is 4.86.